The van der Waals surface area contributed by atoms with Gasteiger partial charge in [0.15, 0.2) is 0 Å². The number of hydrogen-bond donors (Lipinski definition) is 1. The van der Waals surface area contributed by atoms with E-state index in [9.17, 15) is 4.79 Å². The van der Waals surface area contributed by atoms with E-state index >= 15 is 0 Å². The molecule has 0 aliphatic heterocycles. The fourth-order valence-electron chi connectivity index (χ4n) is 1.21. The molecule has 2 nitrogen and oxygen atoms in total. The highest BCUT2D eigenvalue weighted by atomic mass is 16.2. The molecule has 0 amide bonds. The second-order valence-electron chi connectivity index (χ2n) is 3.35. The van der Waals surface area contributed by atoms with Gasteiger partial charge in [-0.1, -0.05) is 24.0 Å². The Kier molecular flexibility index (Phi) is 4.59. The zero-order chi connectivity index (χ0) is 11.1. The summed E-state index contributed by atoms with van der Waals surface area (Å²) in [7, 11) is 0. The average Bonchev–Trinajstić information content (AvgIpc) is 2.20. The van der Waals surface area contributed by atoms with Gasteiger partial charge in [-0.3, -0.25) is 4.79 Å². The van der Waals surface area contributed by atoms with Gasteiger partial charge in [0, 0.05) is 18.4 Å². The van der Waals surface area contributed by atoms with Crippen molar-refractivity contribution < 1.29 is 9.90 Å². The average molecular weight is 202 g/mol. The number of hydrogen-bond acceptors (Lipinski definition) is 2. The highest BCUT2D eigenvalue weighted by Gasteiger charge is 1.96. The van der Waals surface area contributed by atoms with Crippen LogP contribution in [0.25, 0.3) is 0 Å². The summed E-state index contributed by atoms with van der Waals surface area (Å²) in [5.74, 6) is 5.94. The highest BCUT2D eigenvalue weighted by Crippen LogP contribution is 2.04. The van der Waals surface area contributed by atoms with E-state index in [1.165, 1.54) is 0 Å². The van der Waals surface area contributed by atoms with Crippen LogP contribution in [0.1, 0.15) is 24.5 Å². The normalized spacial score (nSPS) is 9.20. The molecule has 1 N–H and O–H groups in total. The maximum atomic E-state index is 10.9. The third kappa shape index (κ3) is 4.44. The minimum atomic E-state index is 0.0927. The van der Waals surface area contributed by atoms with Crippen LogP contribution < -0.4 is 0 Å². The number of carbonyl (C=O) groups is 1. The maximum Gasteiger partial charge on any atom is 0.134 e. The lowest BCUT2D eigenvalue weighted by Crippen LogP contribution is -1.95. The summed E-state index contributed by atoms with van der Waals surface area (Å²) < 4.78 is 0. The quantitative estimate of drug-likeness (QED) is 0.755. The summed E-state index contributed by atoms with van der Waals surface area (Å²) in [6.07, 6.45) is 0.972. The minimum Gasteiger partial charge on any atom is -0.395 e. The van der Waals surface area contributed by atoms with Crippen LogP contribution in [-0.4, -0.2) is 17.5 Å². The molecule has 0 aliphatic rings. The van der Waals surface area contributed by atoms with Crippen molar-refractivity contribution in [3.8, 4) is 11.8 Å². The predicted molar refractivity (Wildman–Crippen MR) is 59.4 cm³/mol. The molecule has 0 aromatic heterocycles. The Morgan fingerprint density at radius 1 is 1.33 bits per heavy atom. The number of ketones is 1. The van der Waals surface area contributed by atoms with Gasteiger partial charge < -0.3 is 5.11 Å². The van der Waals surface area contributed by atoms with Crippen molar-refractivity contribution in [3.05, 3.63) is 35.4 Å². The van der Waals surface area contributed by atoms with Gasteiger partial charge in [-0.05, 0) is 24.6 Å². The monoisotopic (exact) mass is 202 g/mol. The van der Waals surface area contributed by atoms with Crippen molar-refractivity contribution in [2.75, 3.05) is 6.61 Å². The minimum absolute atomic E-state index is 0.0927. The van der Waals surface area contributed by atoms with Crippen molar-refractivity contribution in [2.24, 2.45) is 0 Å². The second kappa shape index (κ2) is 6.00. The summed E-state index contributed by atoms with van der Waals surface area (Å²) in [6.45, 7) is 1.67. The first-order valence-corrected chi connectivity index (χ1v) is 4.90. The van der Waals surface area contributed by atoms with E-state index in [2.05, 4.69) is 11.8 Å². The lowest BCUT2D eigenvalue weighted by Gasteiger charge is -1.97. The molecule has 2 heteroatoms. The van der Waals surface area contributed by atoms with E-state index in [0.29, 0.717) is 12.8 Å². The first-order valence-electron chi connectivity index (χ1n) is 4.90. The molecule has 0 bridgehead atoms. The van der Waals surface area contributed by atoms with Crippen LogP contribution in [0.3, 0.4) is 0 Å². The molecule has 0 spiro atoms. The van der Waals surface area contributed by atoms with Gasteiger partial charge in [0.05, 0.1) is 6.61 Å². The lowest BCUT2D eigenvalue weighted by molar-refractivity contribution is -0.116. The van der Waals surface area contributed by atoms with Crippen molar-refractivity contribution in [3.63, 3.8) is 0 Å². The topological polar surface area (TPSA) is 37.3 Å². The number of Topliss-reactive ketones (excluding diaryl/α,β-unsaturated/α-hetero) is 1. The molecule has 0 radical (unpaired) electrons. The molecule has 0 saturated carbocycles. The van der Waals surface area contributed by atoms with E-state index < -0.39 is 0 Å². The van der Waals surface area contributed by atoms with Crippen molar-refractivity contribution in [2.45, 2.75) is 19.8 Å². The Labute approximate surface area is 89.9 Å². The van der Waals surface area contributed by atoms with Gasteiger partial charge >= 0.3 is 0 Å². The molecule has 1 aromatic rings. The molecular formula is C13H14O2. The van der Waals surface area contributed by atoms with Gasteiger partial charge in [-0.2, -0.15) is 0 Å². The van der Waals surface area contributed by atoms with Gasteiger partial charge in [0.2, 0.25) is 0 Å². The van der Waals surface area contributed by atoms with Crippen molar-refractivity contribution >= 4 is 5.78 Å². The maximum absolute atomic E-state index is 10.9. The van der Waals surface area contributed by atoms with Gasteiger partial charge in [-0.25, -0.2) is 0 Å². The molecule has 0 heterocycles. The molecule has 0 aliphatic carbocycles. The zero-order valence-corrected chi connectivity index (χ0v) is 8.79. The summed E-state index contributed by atoms with van der Waals surface area (Å²) in [4.78, 5) is 10.9. The van der Waals surface area contributed by atoms with Crippen LogP contribution in [-0.2, 0) is 11.2 Å². The Morgan fingerprint density at radius 2 is 2.00 bits per heavy atom. The third-order valence-corrected chi connectivity index (χ3v) is 1.88. The summed E-state index contributed by atoms with van der Waals surface area (Å²) in [6, 6.07) is 7.60. The fourth-order valence-corrected chi connectivity index (χ4v) is 1.21. The molecule has 1 aromatic carbocycles. The fraction of sp³-hybridized carbons (Fsp3) is 0.308. The molecule has 78 valence electrons. The second-order valence-corrected chi connectivity index (χ2v) is 3.35. The van der Waals surface area contributed by atoms with Crippen molar-refractivity contribution in [1.29, 1.82) is 0 Å². The number of aliphatic hydroxyl groups excluding tert-OH is 1. The summed E-state index contributed by atoms with van der Waals surface area (Å²) in [5.41, 5.74) is 1.92. The summed E-state index contributed by atoms with van der Waals surface area (Å²) in [5, 5.41) is 8.55. The van der Waals surface area contributed by atoms with E-state index in [4.69, 9.17) is 5.11 Å². The Balaban J connectivity index is 2.65. The predicted octanol–water partition coefficient (Wildman–Crippen LogP) is 1.55. The zero-order valence-electron chi connectivity index (χ0n) is 8.79. The molecule has 0 unspecified atom stereocenters. The number of rotatable bonds is 3. The molecule has 15 heavy (non-hydrogen) atoms. The van der Waals surface area contributed by atoms with Gasteiger partial charge in [-0.15, -0.1) is 0 Å². The smallest absolute Gasteiger partial charge is 0.134 e. The van der Waals surface area contributed by atoms with E-state index in [1.807, 2.05) is 24.3 Å². The number of benzene rings is 1. The van der Waals surface area contributed by atoms with Gasteiger partial charge in [0.25, 0.3) is 0 Å². The van der Waals surface area contributed by atoms with Crippen molar-refractivity contribution in [1.82, 2.24) is 0 Å². The molecular weight excluding hydrogens is 188 g/mol. The molecule has 0 fully saturated rings. The molecule has 0 saturated heterocycles. The number of aliphatic hydroxyl groups is 1. The SMILES string of the molecule is CC(=O)Cc1ccc(C#CCCO)cc1. The largest absolute Gasteiger partial charge is 0.395 e. The van der Waals surface area contributed by atoms with Crippen LogP contribution in [0, 0.1) is 11.8 Å². The third-order valence-electron chi connectivity index (χ3n) is 1.88. The number of carbonyl (C=O) groups excluding carboxylic acids is 1. The lowest BCUT2D eigenvalue weighted by atomic mass is 10.1. The molecule has 1 rings (SSSR count). The van der Waals surface area contributed by atoms with Crippen LogP contribution in [0.2, 0.25) is 0 Å². The highest BCUT2D eigenvalue weighted by molar-refractivity contribution is 5.78. The van der Waals surface area contributed by atoms with E-state index in [0.717, 1.165) is 11.1 Å². The van der Waals surface area contributed by atoms with Crippen LogP contribution in [0.4, 0.5) is 0 Å². The Morgan fingerprint density at radius 3 is 2.53 bits per heavy atom. The van der Waals surface area contributed by atoms with Gasteiger partial charge in [0.1, 0.15) is 5.78 Å². The first kappa shape index (κ1) is 11.5. The van der Waals surface area contributed by atoms with E-state index in [-0.39, 0.29) is 12.4 Å². The van der Waals surface area contributed by atoms with E-state index in [1.54, 1.807) is 6.92 Å². The van der Waals surface area contributed by atoms with Crippen LogP contribution >= 0.6 is 0 Å². The Hall–Kier alpha value is -1.59. The Bertz CT molecular complexity index is 379. The van der Waals surface area contributed by atoms with Crippen LogP contribution in [0.15, 0.2) is 24.3 Å². The summed E-state index contributed by atoms with van der Waals surface area (Å²) >= 11 is 0. The standard InChI is InChI=1S/C13H14O2/c1-11(15)10-13-7-5-12(6-8-13)4-2-3-9-14/h5-8,14H,3,9-10H2,1H3. The van der Waals surface area contributed by atoms with Crippen LogP contribution in [0.5, 0.6) is 0 Å². The molecule has 0 atom stereocenters. The first-order chi connectivity index (χ1) is 7.22.